The molecule has 1 aliphatic rings. The van der Waals surface area contributed by atoms with Crippen LogP contribution in [0.5, 0.6) is 11.5 Å². The van der Waals surface area contributed by atoms with Gasteiger partial charge in [0, 0.05) is 0 Å². The summed E-state index contributed by atoms with van der Waals surface area (Å²) in [4.78, 5) is 4.16. The molecule has 0 aliphatic carbocycles. The molecule has 74 valence electrons. The first-order valence-electron chi connectivity index (χ1n) is 4.36. The molecule has 0 unspecified atom stereocenters. The Balaban J connectivity index is 2.43. The van der Waals surface area contributed by atoms with Gasteiger partial charge in [-0.3, -0.25) is 0 Å². The van der Waals surface area contributed by atoms with E-state index in [1.807, 2.05) is 0 Å². The summed E-state index contributed by atoms with van der Waals surface area (Å²) in [7, 11) is 1.57. The van der Waals surface area contributed by atoms with Gasteiger partial charge >= 0.3 is 0 Å². The van der Waals surface area contributed by atoms with Gasteiger partial charge < -0.3 is 14.6 Å². The Morgan fingerprint density at radius 2 is 2.36 bits per heavy atom. The van der Waals surface area contributed by atoms with E-state index in [2.05, 4.69) is 4.99 Å². The number of ether oxygens (including phenoxy) is 2. The predicted octanol–water partition coefficient (Wildman–Crippen LogP) is 1.18. The van der Waals surface area contributed by atoms with Gasteiger partial charge in [0.25, 0.3) is 0 Å². The van der Waals surface area contributed by atoms with E-state index in [-0.39, 0.29) is 5.75 Å². The lowest BCUT2D eigenvalue weighted by molar-refractivity contribution is 0.344. The second kappa shape index (κ2) is 3.57. The summed E-state index contributed by atoms with van der Waals surface area (Å²) in [5, 5.41) is 9.33. The zero-order valence-electron chi connectivity index (χ0n) is 7.86. The number of phenols is 1. The highest BCUT2D eigenvalue weighted by molar-refractivity contribution is 5.98. The highest BCUT2D eigenvalue weighted by atomic mass is 16.5. The molecule has 14 heavy (non-hydrogen) atoms. The van der Waals surface area contributed by atoms with E-state index in [1.165, 1.54) is 0 Å². The van der Waals surface area contributed by atoms with Crippen LogP contribution in [0.15, 0.2) is 23.2 Å². The van der Waals surface area contributed by atoms with E-state index >= 15 is 0 Å². The number of benzene rings is 1. The Morgan fingerprint density at radius 3 is 3.00 bits per heavy atom. The van der Waals surface area contributed by atoms with Gasteiger partial charge in [0.2, 0.25) is 5.90 Å². The van der Waals surface area contributed by atoms with Crippen LogP contribution in [0.2, 0.25) is 0 Å². The average Bonchev–Trinajstić information content (AvgIpc) is 2.70. The summed E-state index contributed by atoms with van der Waals surface area (Å²) in [5.74, 6) is 1.38. The molecule has 0 radical (unpaired) electrons. The van der Waals surface area contributed by atoms with E-state index in [1.54, 1.807) is 25.3 Å². The molecule has 1 aromatic rings. The van der Waals surface area contributed by atoms with Crippen molar-refractivity contribution in [3.63, 3.8) is 0 Å². The van der Waals surface area contributed by atoms with Gasteiger partial charge in [-0.25, -0.2) is 4.99 Å². The molecule has 4 nitrogen and oxygen atoms in total. The van der Waals surface area contributed by atoms with Crippen LogP contribution in [-0.2, 0) is 4.74 Å². The van der Waals surface area contributed by atoms with Crippen molar-refractivity contribution in [3.8, 4) is 11.5 Å². The standard InChI is InChI=1S/C10H11NO3/c1-13-9-3-2-7(12)6-8(9)10-11-4-5-14-10/h2-3,6,12H,4-5H2,1H3. The van der Waals surface area contributed by atoms with E-state index in [4.69, 9.17) is 9.47 Å². The number of nitrogens with zero attached hydrogens (tertiary/aromatic N) is 1. The minimum atomic E-state index is 0.180. The third-order valence-corrected chi connectivity index (χ3v) is 2.00. The molecular weight excluding hydrogens is 182 g/mol. The van der Waals surface area contributed by atoms with Gasteiger partial charge in [0.15, 0.2) is 0 Å². The van der Waals surface area contributed by atoms with Crippen molar-refractivity contribution in [3.05, 3.63) is 23.8 Å². The maximum Gasteiger partial charge on any atom is 0.220 e. The summed E-state index contributed by atoms with van der Waals surface area (Å²) < 4.78 is 10.4. The summed E-state index contributed by atoms with van der Waals surface area (Å²) >= 11 is 0. The molecule has 0 spiro atoms. The molecule has 1 heterocycles. The lowest BCUT2D eigenvalue weighted by Gasteiger charge is -2.08. The first kappa shape index (κ1) is 8.87. The van der Waals surface area contributed by atoms with Crippen molar-refractivity contribution < 1.29 is 14.6 Å². The molecule has 0 amide bonds. The SMILES string of the molecule is COc1ccc(O)cc1C1=NCCO1. The molecule has 0 saturated carbocycles. The fourth-order valence-electron chi connectivity index (χ4n) is 1.36. The molecule has 1 N–H and O–H groups in total. The normalized spacial score (nSPS) is 14.8. The van der Waals surface area contributed by atoms with Crippen LogP contribution in [0.4, 0.5) is 0 Å². The molecule has 0 atom stereocenters. The predicted molar refractivity (Wildman–Crippen MR) is 52.0 cm³/mol. The minimum Gasteiger partial charge on any atom is -0.508 e. The monoisotopic (exact) mass is 193 g/mol. The topological polar surface area (TPSA) is 51.0 Å². The maximum absolute atomic E-state index is 9.33. The van der Waals surface area contributed by atoms with Crippen LogP contribution in [-0.4, -0.2) is 31.3 Å². The number of aromatic hydroxyl groups is 1. The number of methoxy groups -OCH3 is 1. The zero-order chi connectivity index (χ0) is 9.97. The Morgan fingerprint density at radius 1 is 1.50 bits per heavy atom. The zero-order valence-corrected chi connectivity index (χ0v) is 7.86. The number of aliphatic imine (C=N–C) groups is 1. The van der Waals surface area contributed by atoms with Gasteiger partial charge in [0.1, 0.15) is 18.1 Å². The van der Waals surface area contributed by atoms with Gasteiger partial charge in [-0.1, -0.05) is 0 Å². The second-order valence-electron chi connectivity index (χ2n) is 2.92. The van der Waals surface area contributed by atoms with Crippen molar-refractivity contribution in [2.24, 2.45) is 4.99 Å². The number of phenolic OH excluding ortho intramolecular Hbond substituents is 1. The highest BCUT2D eigenvalue weighted by Gasteiger charge is 2.15. The fraction of sp³-hybridized carbons (Fsp3) is 0.300. The third-order valence-electron chi connectivity index (χ3n) is 2.00. The van der Waals surface area contributed by atoms with Crippen LogP contribution in [0.25, 0.3) is 0 Å². The first-order chi connectivity index (χ1) is 6.81. The summed E-state index contributed by atoms with van der Waals surface area (Å²) in [6, 6.07) is 4.84. The number of hydrogen-bond acceptors (Lipinski definition) is 4. The van der Waals surface area contributed by atoms with Gasteiger partial charge in [-0.05, 0) is 18.2 Å². The molecule has 0 aromatic heterocycles. The van der Waals surface area contributed by atoms with Gasteiger partial charge in [-0.2, -0.15) is 0 Å². The Kier molecular flexibility index (Phi) is 2.26. The highest BCUT2D eigenvalue weighted by Crippen LogP contribution is 2.25. The summed E-state index contributed by atoms with van der Waals surface area (Å²) in [6.07, 6.45) is 0. The van der Waals surface area contributed by atoms with Gasteiger partial charge in [-0.15, -0.1) is 0 Å². The van der Waals surface area contributed by atoms with E-state index in [9.17, 15) is 5.11 Å². The van der Waals surface area contributed by atoms with Crippen LogP contribution in [0.3, 0.4) is 0 Å². The van der Waals surface area contributed by atoms with Crippen LogP contribution < -0.4 is 4.74 Å². The Hall–Kier alpha value is -1.71. The van der Waals surface area contributed by atoms with E-state index < -0.39 is 0 Å². The van der Waals surface area contributed by atoms with Crippen molar-refractivity contribution >= 4 is 5.90 Å². The Labute approximate surface area is 81.8 Å². The third kappa shape index (κ3) is 1.51. The fourth-order valence-corrected chi connectivity index (χ4v) is 1.36. The van der Waals surface area contributed by atoms with Crippen molar-refractivity contribution in [1.29, 1.82) is 0 Å². The molecular formula is C10H11NO3. The van der Waals surface area contributed by atoms with Crippen LogP contribution in [0.1, 0.15) is 5.56 Å². The Bertz CT molecular complexity index is 374. The smallest absolute Gasteiger partial charge is 0.220 e. The lowest BCUT2D eigenvalue weighted by atomic mass is 10.2. The first-order valence-corrected chi connectivity index (χ1v) is 4.36. The minimum absolute atomic E-state index is 0.180. The van der Waals surface area contributed by atoms with Gasteiger partial charge in [0.05, 0.1) is 19.2 Å². The molecule has 2 rings (SSSR count). The maximum atomic E-state index is 9.33. The second-order valence-corrected chi connectivity index (χ2v) is 2.92. The van der Waals surface area contributed by atoms with Crippen molar-refractivity contribution in [2.45, 2.75) is 0 Å². The van der Waals surface area contributed by atoms with Crippen LogP contribution in [0, 0.1) is 0 Å². The van der Waals surface area contributed by atoms with E-state index in [0.717, 1.165) is 0 Å². The molecule has 1 aromatic carbocycles. The van der Waals surface area contributed by atoms with E-state index in [0.29, 0.717) is 30.4 Å². The number of hydrogen-bond donors (Lipinski definition) is 1. The number of rotatable bonds is 2. The molecule has 4 heteroatoms. The largest absolute Gasteiger partial charge is 0.508 e. The van der Waals surface area contributed by atoms with Crippen LogP contribution >= 0.6 is 0 Å². The molecule has 0 bridgehead atoms. The lowest BCUT2D eigenvalue weighted by Crippen LogP contribution is -2.03. The molecule has 0 saturated heterocycles. The molecule has 1 aliphatic heterocycles. The van der Waals surface area contributed by atoms with Crippen molar-refractivity contribution in [1.82, 2.24) is 0 Å². The molecule has 0 fully saturated rings. The quantitative estimate of drug-likeness (QED) is 0.767. The van der Waals surface area contributed by atoms with Crippen molar-refractivity contribution in [2.75, 3.05) is 20.3 Å². The summed E-state index contributed by atoms with van der Waals surface area (Å²) in [6.45, 7) is 1.25. The summed E-state index contributed by atoms with van der Waals surface area (Å²) in [5.41, 5.74) is 0.699. The average molecular weight is 193 g/mol.